The van der Waals surface area contributed by atoms with Crippen LogP contribution in [0.4, 0.5) is 0 Å². The van der Waals surface area contributed by atoms with Crippen LogP contribution in [-0.4, -0.2) is 27.9 Å². The Bertz CT molecular complexity index is 149. The average molecular weight is 175 g/mol. The van der Waals surface area contributed by atoms with E-state index in [1.54, 1.807) is 6.26 Å². The second-order valence-electron chi connectivity index (χ2n) is 3.39. The van der Waals surface area contributed by atoms with Crippen LogP contribution in [0.3, 0.4) is 0 Å². The highest BCUT2D eigenvalue weighted by atomic mass is 32.2. The molecule has 0 spiro atoms. The standard InChI is InChI=1S/C8H17NOS/c1-8-4-3-6-9(7-5-8)11(2)10/h8H,3-7H2,1-2H3. The number of rotatable bonds is 1. The van der Waals surface area contributed by atoms with Crippen LogP contribution in [0.25, 0.3) is 0 Å². The van der Waals surface area contributed by atoms with Crippen molar-refractivity contribution in [2.75, 3.05) is 19.3 Å². The molecule has 11 heavy (non-hydrogen) atoms. The maximum Gasteiger partial charge on any atom is 0.0910 e. The van der Waals surface area contributed by atoms with E-state index in [-0.39, 0.29) is 0 Å². The SMILES string of the molecule is CC1CCCN(S(C)=O)CC1. The molecule has 0 saturated carbocycles. The van der Waals surface area contributed by atoms with Crippen LogP contribution in [0.5, 0.6) is 0 Å². The van der Waals surface area contributed by atoms with E-state index in [2.05, 4.69) is 11.2 Å². The van der Waals surface area contributed by atoms with Crippen LogP contribution in [0, 0.1) is 5.92 Å². The summed E-state index contributed by atoms with van der Waals surface area (Å²) in [5.41, 5.74) is 0. The van der Waals surface area contributed by atoms with Crippen molar-refractivity contribution in [2.45, 2.75) is 26.2 Å². The molecule has 1 heterocycles. The molecule has 0 aromatic rings. The van der Waals surface area contributed by atoms with E-state index < -0.39 is 11.0 Å². The summed E-state index contributed by atoms with van der Waals surface area (Å²) >= 11 is 0. The number of nitrogens with zero attached hydrogens (tertiary/aromatic N) is 1. The van der Waals surface area contributed by atoms with Crippen molar-refractivity contribution in [1.82, 2.24) is 4.31 Å². The van der Waals surface area contributed by atoms with E-state index in [0.717, 1.165) is 19.0 Å². The summed E-state index contributed by atoms with van der Waals surface area (Å²) in [6.45, 7) is 4.32. The van der Waals surface area contributed by atoms with Crippen molar-refractivity contribution in [2.24, 2.45) is 5.92 Å². The predicted molar refractivity (Wildman–Crippen MR) is 48.7 cm³/mol. The zero-order valence-electron chi connectivity index (χ0n) is 7.38. The molecule has 1 aliphatic rings. The van der Waals surface area contributed by atoms with Crippen molar-refractivity contribution >= 4 is 11.0 Å². The Kier molecular flexibility index (Phi) is 3.52. The summed E-state index contributed by atoms with van der Waals surface area (Å²) in [7, 11) is -0.745. The molecule has 1 fully saturated rings. The van der Waals surface area contributed by atoms with Crippen LogP contribution in [0.1, 0.15) is 26.2 Å². The topological polar surface area (TPSA) is 20.3 Å². The lowest BCUT2D eigenvalue weighted by atomic mass is 10.0. The number of hydrogen-bond acceptors (Lipinski definition) is 1. The van der Waals surface area contributed by atoms with Crippen molar-refractivity contribution in [3.05, 3.63) is 0 Å². The summed E-state index contributed by atoms with van der Waals surface area (Å²) in [5.74, 6) is 0.823. The van der Waals surface area contributed by atoms with Gasteiger partial charge in [-0.25, -0.2) is 8.51 Å². The minimum absolute atomic E-state index is 0.745. The first-order chi connectivity index (χ1) is 5.20. The Hall–Kier alpha value is 0.110. The van der Waals surface area contributed by atoms with Crippen LogP contribution in [-0.2, 0) is 11.0 Å². The van der Waals surface area contributed by atoms with E-state index in [1.807, 2.05) is 0 Å². The van der Waals surface area contributed by atoms with Gasteiger partial charge in [0.1, 0.15) is 0 Å². The third kappa shape index (κ3) is 2.91. The maximum absolute atomic E-state index is 11.1. The summed E-state index contributed by atoms with van der Waals surface area (Å²) in [4.78, 5) is 0. The summed E-state index contributed by atoms with van der Waals surface area (Å²) in [6.07, 6.45) is 5.49. The van der Waals surface area contributed by atoms with Gasteiger partial charge in [0.15, 0.2) is 0 Å². The molecule has 0 bridgehead atoms. The fourth-order valence-corrected chi connectivity index (χ4v) is 2.24. The van der Waals surface area contributed by atoms with Gasteiger partial charge in [0, 0.05) is 19.3 Å². The van der Waals surface area contributed by atoms with E-state index in [0.29, 0.717) is 0 Å². The first kappa shape index (κ1) is 9.20. The normalized spacial score (nSPS) is 31.3. The van der Waals surface area contributed by atoms with Gasteiger partial charge in [0.2, 0.25) is 0 Å². The van der Waals surface area contributed by atoms with E-state index in [1.165, 1.54) is 19.3 Å². The second kappa shape index (κ2) is 4.21. The van der Waals surface area contributed by atoms with E-state index >= 15 is 0 Å². The smallest absolute Gasteiger partial charge is 0.0910 e. The average Bonchev–Trinajstić information content (AvgIpc) is 2.13. The summed E-state index contributed by atoms with van der Waals surface area (Å²) in [5, 5.41) is 0. The zero-order chi connectivity index (χ0) is 8.27. The minimum Gasteiger partial charge on any atom is -0.243 e. The Morgan fingerprint density at radius 3 is 2.73 bits per heavy atom. The molecule has 2 unspecified atom stereocenters. The molecular weight excluding hydrogens is 158 g/mol. The van der Waals surface area contributed by atoms with E-state index in [4.69, 9.17) is 0 Å². The second-order valence-corrected chi connectivity index (χ2v) is 4.75. The molecule has 66 valence electrons. The first-order valence-corrected chi connectivity index (χ1v) is 5.80. The van der Waals surface area contributed by atoms with Crippen molar-refractivity contribution < 1.29 is 4.21 Å². The van der Waals surface area contributed by atoms with Gasteiger partial charge in [-0.05, 0) is 25.2 Å². The van der Waals surface area contributed by atoms with Gasteiger partial charge in [-0.1, -0.05) is 6.92 Å². The highest BCUT2D eigenvalue weighted by Crippen LogP contribution is 2.16. The lowest BCUT2D eigenvalue weighted by Gasteiger charge is -2.15. The fraction of sp³-hybridized carbons (Fsp3) is 1.00. The highest BCUT2D eigenvalue weighted by Gasteiger charge is 2.15. The minimum atomic E-state index is -0.745. The van der Waals surface area contributed by atoms with Crippen molar-refractivity contribution in [3.8, 4) is 0 Å². The van der Waals surface area contributed by atoms with Crippen LogP contribution in [0.2, 0.25) is 0 Å². The monoisotopic (exact) mass is 175 g/mol. The highest BCUT2D eigenvalue weighted by molar-refractivity contribution is 7.81. The van der Waals surface area contributed by atoms with Gasteiger partial charge >= 0.3 is 0 Å². The molecule has 1 saturated heterocycles. The zero-order valence-corrected chi connectivity index (χ0v) is 8.19. The van der Waals surface area contributed by atoms with Crippen molar-refractivity contribution in [1.29, 1.82) is 0 Å². The number of hydrogen-bond donors (Lipinski definition) is 0. The molecule has 0 N–H and O–H groups in total. The van der Waals surface area contributed by atoms with Crippen molar-refractivity contribution in [3.63, 3.8) is 0 Å². The van der Waals surface area contributed by atoms with Gasteiger partial charge in [-0.3, -0.25) is 0 Å². The predicted octanol–water partition coefficient (Wildman–Crippen LogP) is 1.40. The van der Waals surface area contributed by atoms with Gasteiger partial charge in [0.05, 0.1) is 11.0 Å². The molecule has 0 aliphatic carbocycles. The van der Waals surface area contributed by atoms with Gasteiger partial charge < -0.3 is 0 Å². The third-order valence-electron chi connectivity index (χ3n) is 2.34. The third-order valence-corrected chi connectivity index (χ3v) is 3.43. The van der Waals surface area contributed by atoms with Crippen LogP contribution >= 0.6 is 0 Å². The molecule has 0 amide bonds. The quantitative estimate of drug-likeness (QED) is 0.590. The fourth-order valence-electron chi connectivity index (χ4n) is 1.49. The molecule has 0 aromatic heterocycles. The maximum atomic E-state index is 11.1. The largest absolute Gasteiger partial charge is 0.243 e. The molecule has 1 aliphatic heterocycles. The molecule has 3 heteroatoms. The van der Waals surface area contributed by atoms with Gasteiger partial charge in [0.25, 0.3) is 0 Å². The summed E-state index contributed by atoms with van der Waals surface area (Å²) in [6, 6.07) is 0. The lowest BCUT2D eigenvalue weighted by molar-refractivity contribution is 0.451. The van der Waals surface area contributed by atoms with Gasteiger partial charge in [-0.15, -0.1) is 0 Å². The molecule has 0 aromatic carbocycles. The van der Waals surface area contributed by atoms with Crippen LogP contribution < -0.4 is 0 Å². The van der Waals surface area contributed by atoms with E-state index in [9.17, 15) is 4.21 Å². The van der Waals surface area contributed by atoms with Gasteiger partial charge in [-0.2, -0.15) is 0 Å². The Balaban J connectivity index is 2.40. The Morgan fingerprint density at radius 1 is 1.36 bits per heavy atom. The lowest BCUT2D eigenvalue weighted by Crippen LogP contribution is -2.26. The molecule has 2 atom stereocenters. The Morgan fingerprint density at radius 2 is 2.09 bits per heavy atom. The first-order valence-electron chi connectivity index (χ1n) is 4.28. The van der Waals surface area contributed by atoms with Crippen LogP contribution in [0.15, 0.2) is 0 Å². The molecular formula is C8H17NOS. The molecule has 2 nitrogen and oxygen atoms in total. The molecule has 1 rings (SSSR count). The summed E-state index contributed by atoms with van der Waals surface area (Å²) < 4.78 is 13.2. The molecule has 0 radical (unpaired) electrons. The Labute approximate surface area is 71.6 Å².